The summed E-state index contributed by atoms with van der Waals surface area (Å²) in [6.45, 7) is 4.41. The smallest absolute Gasteiger partial charge is 0.259 e. The molecular formula is C25H24BrCl2N3O2. The predicted molar refractivity (Wildman–Crippen MR) is 139 cm³/mol. The van der Waals surface area contributed by atoms with Crippen LogP contribution in [0.2, 0.25) is 10.0 Å². The fraction of sp³-hybridized carbons (Fsp3) is 0.240. The number of methoxy groups -OCH3 is 1. The number of hydrogen-bond donors (Lipinski definition) is 1. The highest BCUT2D eigenvalue weighted by atomic mass is 79.9. The molecule has 4 rings (SSSR count). The lowest BCUT2D eigenvalue weighted by Crippen LogP contribution is -2.46. The Kier molecular flexibility index (Phi) is 7.81. The number of piperazine rings is 1. The van der Waals surface area contributed by atoms with Gasteiger partial charge in [-0.2, -0.15) is 0 Å². The standard InChI is InChI=1S/C25H24BrCl2N3O2/c1-33-24-9-6-18(26)14-20(24)25(32)29-19-7-8-23(22(28)15-19)31-12-10-30(11-13-31)16-17-4-2-3-5-21(17)27/h2-9,14-15H,10-13,16H2,1H3,(H,29,32). The van der Waals surface area contributed by atoms with Gasteiger partial charge in [0.15, 0.2) is 0 Å². The molecule has 0 unspecified atom stereocenters. The number of ether oxygens (including phenoxy) is 1. The van der Waals surface area contributed by atoms with E-state index < -0.39 is 0 Å². The van der Waals surface area contributed by atoms with Gasteiger partial charge in [-0.15, -0.1) is 0 Å². The summed E-state index contributed by atoms with van der Waals surface area (Å²) in [4.78, 5) is 17.4. The van der Waals surface area contributed by atoms with Gasteiger partial charge in [0.05, 0.1) is 23.4 Å². The van der Waals surface area contributed by atoms with Crippen molar-refractivity contribution in [1.82, 2.24) is 4.90 Å². The van der Waals surface area contributed by atoms with Gasteiger partial charge < -0.3 is 15.0 Å². The van der Waals surface area contributed by atoms with Gasteiger partial charge in [0.2, 0.25) is 0 Å². The molecule has 0 bridgehead atoms. The lowest BCUT2D eigenvalue weighted by molar-refractivity contribution is 0.102. The minimum Gasteiger partial charge on any atom is -0.496 e. The van der Waals surface area contributed by atoms with Crippen LogP contribution in [0.4, 0.5) is 11.4 Å². The first-order chi connectivity index (χ1) is 15.9. The monoisotopic (exact) mass is 547 g/mol. The lowest BCUT2D eigenvalue weighted by Gasteiger charge is -2.36. The number of anilines is 2. The highest BCUT2D eigenvalue weighted by Gasteiger charge is 2.20. The van der Waals surface area contributed by atoms with Crippen LogP contribution in [0, 0.1) is 0 Å². The minimum absolute atomic E-state index is 0.259. The Bertz CT molecular complexity index is 1150. The Morgan fingerprint density at radius 3 is 2.45 bits per heavy atom. The number of nitrogens with one attached hydrogen (secondary N) is 1. The third kappa shape index (κ3) is 5.82. The van der Waals surface area contributed by atoms with Gasteiger partial charge in [0.1, 0.15) is 5.75 Å². The molecule has 33 heavy (non-hydrogen) atoms. The fourth-order valence-electron chi connectivity index (χ4n) is 3.91. The van der Waals surface area contributed by atoms with Gasteiger partial charge in [-0.05, 0) is 48.0 Å². The molecule has 0 saturated carbocycles. The molecule has 5 nitrogen and oxygen atoms in total. The van der Waals surface area contributed by atoms with E-state index in [0.717, 1.165) is 53.5 Å². The Hall–Kier alpha value is -2.25. The molecule has 8 heteroatoms. The number of carbonyl (C=O) groups is 1. The first-order valence-corrected chi connectivity index (χ1v) is 12.1. The summed E-state index contributed by atoms with van der Waals surface area (Å²) in [7, 11) is 1.54. The molecule has 172 valence electrons. The number of nitrogens with zero attached hydrogens (tertiary/aromatic N) is 2. The zero-order chi connectivity index (χ0) is 23.4. The van der Waals surface area contributed by atoms with Crippen LogP contribution < -0.4 is 15.0 Å². The summed E-state index contributed by atoms with van der Waals surface area (Å²) in [5.74, 6) is 0.248. The van der Waals surface area contributed by atoms with E-state index in [1.54, 1.807) is 25.3 Å². The van der Waals surface area contributed by atoms with Crippen LogP contribution in [0.3, 0.4) is 0 Å². The van der Waals surface area contributed by atoms with Crippen molar-refractivity contribution in [1.29, 1.82) is 0 Å². The van der Waals surface area contributed by atoms with Crippen molar-refractivity contribution in [2.75, 3.05) is 43.5 Å². The highest BCUT2D eigenvalue weighted by Crippen LogP contribution is 2.31. The summed E-state index contributed by atoms with van der Waals surface area (Å²) in [6.07, 6.45) is 0. The van der Waals surface area contributed by atoms with E-state index in [1.807, 2.05) is 36.4 Å². The molecule has 3 aromatic carbocycles. The van der Waals surface area contributed by atoms with Crippen molar-refractivity contribution in [2.24, 2.45) is 0 Å². The maximum Gasteiger partial charge on any atom is 0.259 e. The van der Waals surface area contributed by atoms with Gasteiger partial charge in [-0.1, -0.05) is 57.3 Å². The van der Waals surface area contributed by atoms with Crippen molar-refractivity contribution >= 4 is 56.4 Å². The van der Waals surface area contributed by atoms with E-state index >= 15 is 0 Å². The van der Waals surface area contributed by atoms with Crippen LogP contribution >= 0.6 is 39.1 Å². The Labute approximate surface area is 212 Å². The zero-order valence-corrected chi connectivity index (χ0v) is 21.3. The number of carbonyl (C=O) groups excluding carboxylic acids is 1. The minimum atomic E-state index is -0.259. The normalized spacial score (nSPS) is 14.2. The number of rotatable bonds is 6. The number of halogens is 3. The van der Waals surface area contributed by atoms with E-state index in [9.17, 15) is 4.79 Å². The van der Waals surface area contributed by atoms with E-state index in [-0.39, 0.29) is 5.91 Å². The van der Waals surface area contributed by atoms with Crippen molar-refractivity contribution < 1.29 is 9.53 Å². The molecular weight excluding hydrogens is 525 g/mol. The van der Waals surface area contributed by atoms with E-state index in [2.05, 4.69) is 37.1 Å². The summed E-state index contributed by atoms with van der Waals surface area (Å²) in [5.41, 5.74) is 3.19. The average molecular weight is 549 g/mol. The molecule has 1 fully saturated rings. The predicted octanol–water partition coefficient (Wildman–Crippen LogP) is 6.34. The van der Waals surface area contributed by atoms with Crippen molar-refractivity contribution in [3.05, 3.63) is 86.3 Å². The Morgan fingerprint density at radius 2 is 1.76 bits per heavy atom. The Balaban J connectivity index is 1.39. The van der Waals surface area contributed by atoms with E-state index in [4.69, 9.17) is 27.9 Å². The second-order valence-corrected chi connectivity index (χ2v) is 9.55. The second kappa shape index (κ2) is 10.8. The molecule has 3 aromatic rings. The highest BCUT2D eigenvalue weighted by molar-refractivity contribution is 9.10. The fourth-order valence-corrected chi connectivity index (χ4v) is 4.77. The van der Waals surface area contributed by atoms with Gasteiger partial charge in [-0.3, -0.25) is 9.69 Å². The molecule has 1 heterocycles. The van der Waals surface area contributed by atoms with Crippen LogP contribution in [-0.2, 0) is 6.54 Å². The molecule has 0 radical (unpaired) electrons. The van der Waals surface area contributed by atoms with Gasteiger partial charge >= 0.3 is 0 Å². The van der Waals surface area contributed by atoms with E-state index in [1.165, 1.54) is 0 Å². The molecule has 0 aromatic heterocycles. The van der Waals surface area contributed by atoms with Gasteiger partial charge in [-0.25, -0.2) is 0 Å². The first-order valence-electron chi connectivity index (χ1n) is 10.6. The lowest BCUT2D eigenvalue weighted by atomic mass is 10.1. The largest absolute Gasteiger partial charge is 0.496 e. The topological polar surface area (TPSA) is 44.8 Å². The quantitative estimate of drug-likeness (QED) is 0.390. The number of amides is 1. The molecule has 1 aliphatic rings. The summed E-state index contributed by atoms with van der Waals surface area (Å²) >= 11 is 16.3. The first kappa shape index (κ1) is 23.9. The number of hydrogen-bond acceptors (Lipinski definition) is 4. The average Bonchev–Trinajstić information content (AvgIpc) is 2.81. The molecule has 1 aliphatic heterocycles. The Morgan fingerprint density at radius 1 is 1.00 bits per heavy atom. The van der Waals surface area contributed by atoms with Crippen molar-refractivity contribution in [3.63, 3.8) is 0 Å². The third-order valence-corrected chi connectivity index (χ3v) is 6.84. The van der Waals surface area contributed by atoms with Crippen LogP contribution in [0.15, 0.2) is 65.1 Å². The molecule has 1 N–H and O–H groups in total. The van der Waals surface area contributed by atoms with Crippen LogP contribution in [0.25, 0.3) is 0 Å². The molecule has 0 atom stereocenters. The third-order valence-electron chi connectivity index (χ3n) is 5.68. The summed E-state index contributed by atoms with van der Waals surface area (Å²) in [5, 5.41) is 4.32. The van der Waals surface area contributed by atoms with Gasteiger partial charge in [0, 0.05) is 47.9 Å². The SMILES string of the molecule is COc1ccc(Br)cc1C(=O)Nc1ccc(N2CCN(Cc3ccccc3Cl)CC2)c(Cl)c1. The van der Waals surface area contributed by atoms with E-state index in [0.29, 0.717) is 22.0 Å². The molecule has 0 aliphatic carbocycles. The van der Waals surface area contributed by atoms with Crippen LogP contribution in [0.1, 0.15) is 15.9 Å². The molecule has 1 saturated heterocycles. The second-order valence-electron chi connectivity index (χ2n) is 7.82. The maximum atomic E-state index is 12.8. The number of benzene rings is 3. The van der Waals surface area contributed by atoms with Crippen molar-refractivity contribution in [3.8, 4) is 5.75 Å². The van der Waals surface area contributed by atoms with Crippen molar-refractivity contribution in [2.45, 2.75) is 6.54 Å². The maximum absolute atomic E-state index is 12.8. The molecule has 1 amide bonds. The van der Waals surface area contributed by atoms with Gasteiger partial charge in [0.25, 0.3) is 5.91 Å². The summed E-state index contributed by atoms with van der Waals surface area (Å²) in [6, 6.07) is 18.9. The van der Waals surface area contributed by atoms with Crippen LogP contribution in [-0.4, -0.2) is 44.1 Å². The van der Waals surface area contributed by atoms with Crippen LogP contribution in [0.5, 0.6) is 5.75 Å². The summed E-state index contributed by atoms with van der Waals surface area (Å²) < 4.78 is 6.11. The zero-order valence-electron chi connectivity index (χ0n) is 18.2. The molecule has 0 spiro atoms.